The van der Waals surface area contributed by atoms with Crippen LogP contribution in [0.15, 0.2) is 24.3 Å². The number of aromatic nitrogens is 3. The average Bonchev–Trinajstić information content (AvgIpc) is 2.47. The first-order chi connectivity index (χ1) is 9.71. The van der Waals surface area contributed by atoms with Gasteiger partial charge in [-0.25, -0.2) is 0 Å². The number of rotatable bonds is 6. The van der Waals surface area contributed by atoms with Crippen LogP contribution in [0.25, 0.3) is 0 Å². The average molecular weight is 294 g/mol. The van der Waals surface area contributed by atoms with Crippen molar-refractivity contribution in [2.75, 3.05) is 31.3 Å². The number of hydrogen-bond acceptors (Lipinski definition) is 6. The molecule has 0 aliphatic rings. The molecule has 0 radical (unpaired) electrons. The molecular weight excluding hydrogens is 278 g/mol. The van der Waals surface area contributed by atoms with Crippen LogP contribution in [-0.2, 0) is 6.42 Å². The van der Waals surface area contributed by atoms with Crippen LogP contribution in [-0.4, -0.2) is 35.7 Å². The first-order valence-corrected chi connectivity index (χ1v) is 6.55. The van der Waals surface area contributed by atoms with Gasteiger partial charge in [-0.15, -0.1) is 0 Å². The van der Waals surface area contributed by atoms with Gasteiger partial charge in [0.2, 0.25) is 17.2 Å². The molecular formula is C13H16ClN5O. The van der Waals surface area contributed by atoms with Crippen molar-refractivity contribution in [3.05, 3.63) is 35.1 Å². The predicted octanol–water partition coefficient (Wildman–Crippen LogP) is 2.23. The Labute approximate surface area is 122 Å². The molecule has 1 heterocycles. The topological polar surface area (TPSA) is 72.0 Å². The molecule has 0 atom stereocenters. The van der Waals surface area contributed by atoms with Gasteiger partial charge >= 0.3 is 0 Å². The molecule has 0 aliphatic carbocycles. The zero-order valence-corrected chi connectivity index (χ0v) is 12.1. The van der Waals surface area contributed by atoms with Gasteiger partial charge in [0.1, 0.15) is 5.75 Å². The maximum Gasteiger partial charge on any atom is 0.228 e. The molecule has 2 rings (SSSR count). The Balaban J connectivity index is 1.93. The van der Waals surface area contributed by atoms with E-state index in [2.05, 4.69) is 25.6 Å². The van der Waals surface area contributed by atoms with E-state index in [-0.39, 0.29) is 5.28 Å². The summed E-state index contributed by atoms with van der Waals surface area (Å²) in [6.07, 6.45) is 0.829. The van der Waals surface area contributed by atoms with Gasteiger partial charge in [0.05, 0.1) is 7.11 Å². The minimum absolute atomic E-state index is 0.160. The number of anilines is 2. The van der Waals surface area contributed by atoms with E-state index < -0.39 is 0 Å². The highest BCUT2D eigenvalue weighted by molar-refractivity contribution is 6.28. The third-order valence-electron chi connectivity index (χ3n) is 2.66. The molecule has 0 saturated heterocycles. The van der Waals surface area contributed by atoms with Gasteiger partial charge in [-0.05, 0) is 35.7 Å². The lowest BCUT2D eigenvalue weighted by atomic mass is 10.1. The minimum atomic E-state index is 0.160. The molecule has 2 N–H and O–H groups in total. The van der Waals surface area contributed by atoms with Crippen LogP contribution in [0.1, 0.15) is 5.56 Å². The largest absolute Gasteiger partial charge is 0.497 e. The van der Waals surface area contributed by atoms with E-state index in [0.717, 1.165) is 12.2 Å². The number of nitrogens with one attached hydrogen (secondary N) is 2. The SMILES string of the molecule is CNc1nc(Cl)nc(NCCc2cccc(OC)c2)n1. The lowest BCUT2D eigenvalue weighted by molar-refractivity contribution is 0.414. The van der Waals surface area contributed by atoms with Crippen LogP contribution in [0.4, 0.5) is 11.9 Å². The fraction of sp³-hybridized carbons (Fsp3) is 0.308. The van der Waals surface area contributed by atoms with Crippen molar-refractivity contribution in [1.29, 1.82) is 0 Å². The minimum Gasteiger partial charge on any atom is -0.497 e. The lowest BCUT2D eigenvalue weighted by Crippen LogP contribution is -2.10. The van der Waals surface area contributed by atoms with Crippen LogP contribution >= 0.6 is 11.6 Å². The summed E-state index contributed by atoms with van der Waals surface area (Å²) in [5.74, 6) is 1.74. The molecule has 20 heavy (non-hydrogen) atoms. The smallest absolute Gasteiger partial charge is 0.228 e. The second kappa shape index (κ2) is 6.91. The second-order valence-corrected chi connectivity index (χ2v) is 4.37. The monoisotopic (exact) mass is 293 g/mol. The Hall–Kier alpha value is -2.08. The third-order valence-corrected chi connectivity index (χ3v) is 2.83. The zero-order valence-electron chi connectivity index (χ0n) is 11.4. The first-order valence-electron chi connectivity index (χ1n) is 6.17. The molecule has 0 spiro atoms. The standard InChI is InChI=1S/C13H16ClN5O/c1-15-12-17-11(14)18-13(19-12)16-7-6-9-4-3-5-10(8-9)20-2/h3-5,8H,6-7H2,1-2H3,(H2,15,16,17,18,19). The van der Waals surface area contributed by atoms with Gasteiger partial charge in [-0.1, -0.05) is 12.1 Å². The molecule has 0 fully saturated rings. The molecule has 0 unspecified atom stereocenters. The molecule has 2 aromatic rings. The van der Waals surface area contributed by atoms with Crippen molar-refractivity contribution < 1.29 is 4.74 Å². The van der Waals surface area contributed by atoms with Crippen molar-refractivity contribution in [2.24, 2.45) is 0 Å². The summed E-state index contributed by atoms with van der Waals surface area (Å²) in [5, 5.41) is 6.11. The summed E-state index contributed by atoms with van der Waals surface area (Å²) in [4.78, 5) is 12.1. The summed E-state index contributed by atoms with van der Waals surface area (Å²) in [6, 6.07) is 7.93. The third kappa shape index (κ3) is 3.96. The number of halogens is 1. The Kier molecular flexibility index (Phi) is 4.95. The van der Waals surface area contributed by atoms with Crippen LogP contribution in [0.2, 0.25) is 5.28 Å². The number of benzene rings is 1. The number of methoxy groups -OCH3 is 1. The van der Waals surface area contributed by atoms with Crippen molar-refractivity contribution >= 4 is 23.5 Å². The first kappa shape index (κ1) is 14.3. The van der Waals surface area contributed by atoms with Gasteiger partial charge in [0, 0.05) is 13.6 Å². The highest BCUT2D eigenvalue weighted by atomic mass is 35.5. The Morgan fingerprint density at radius 3 is 2.75 bits per heavy atom. The fourth-order valence-corrected chi connectivity index (χ4v) is 1.85. The van der Waals surface area contributed by atoms with Gasteiger partial charge in [0.15, 0.2) is 0 Å². The lowest BCUT2D eigenvalue weighted by Gasteiger charge is -2.07. The molecule has 0 aliphatic heterocycles. The molecule has 0 amide bonds. The fourth-order valence-electron chi connectivity index (χ4n) is 1.69. The summed E-state index contributed by atoms with van der Waals surface area (Å²) in [6.45, 7) is 0.691. The normalized spacial score (nSPS) is 10.2. The van der Waals surface area contributed by atoms with E-state index in [4.69, 9.17) is 16.3 Å². The zero-order chi connectivity index (χ0) is 14.4. The molecule has 106 valence electrons. The van der Waals surface area contributed by atoms with Gasteiger partial charge in [0.25, 0.3) is 0 Å². The Morgan fingerprint density at radius 2 is 2.00 bits per heavy atom. The highest BCUT2D eigenvalue weighted by Gasteiger charge is 2.03. The second-order valence-electron chi connectivity index (χ2n) is 4.03. The Morgan fingerprint density at radius 1 is 1.20 bits per heavy atom. The molecule has 6 nitrogen and oxygen atoms in total. The molecule has 7 heteroatoms. The maximum absolute atomic E-state index is 5.81. The highest BCUT2D eigenvalue weighted by Crippen LogP contribution is 2.13. The summed E-state index contributed by atoms with van der Waals surface area (Å²) in [7, 11) is 3.38. The van der Waals surface area contributed by atoms with Crippen LogP contribution in [0.5, 0.6) is 5.75 Å². The predicted molar refractivity (Wildman–Crippen MR) is 79.6 cm³/mol. The Bertz CT molecular complexity index is 578. The molecule has 1 aromatic carbocycles. The van der Waals surface area contributed by atoms with Crippen LogP contribution in [0.3, 0.4) is 0 Å². The van der Waals surface area contributed by atoms with Crippen molar-refractivity contribution in [2.45, 2.75) is 6.42 Å². The van der Waals surface area contributed by atoms with Crippen molar-refractivity contribution in [3.63, 3.8) is 0 Å². The van der Waals surface area contributed by atoms with E-state index >= 15 is 0 Å². The van der Waals surface area contributed by atoms with Crippen LogP contribution in [0, 0.1) is 0 Å². The summed E-state index contributed by atoms with van der Waals surface area (Å²) in [5.41, 5.74) is 1.17. The molecule has 1 aromatic heterocycles. The van der Waals surface area contributed by atoms with Crippen molar-refractivity contribution in [3.8, 4) is 5.75 Å². The van der Waals surface area contributed by atoms with Gasteiger partial charge < -0.3 is 15.4 Å². The summed E-state index contributed by atoms with van der Waals surface area (Å²) >= 11 is 5.81. The molecule has 0 bridgehead atoms. The van der Waals surface area contributed by atoms with E-state index in [0.29, 0.717) is 18.4 Å². The number of nitrogens with zero attached hydrogens (tertiary/aromatic N) is 3. The van der Waals surface area contributed by atoms with Crippen LogP contribution < -0.4 is 15.4 Å². The van der Waals surface area contributed by atoms with E-state index in [1.807, 2.05) is 24.3 Å². The number of hydrogen-bond donors (Lipinski definition) is 2. The maximum atomic E-state index is 5.81. The van der Waals surface area contributed by atoms with E-state index in [9.17, 15) is 0 Å². The van der Waals surface area contributed by atoms with Crippen molar-refractivity contribution in [1.82, 2.24) is 15.0 Å². The number of ether oxygens (including phenoxy) is 1. The van der Waals surface area contributed by atoms with Gasteiger partial charge in [-0.3, -0.25) is 0 Å². The quantitative estimate of drug-likeness (QED) is 0.851. The van der Waals surface area contributed by atoms with E-state index in [1.165, 1.54) is 5.56 Å². The van der Waals surface area contributed by atoms with E-state index in [1.54, 1.807) is 14.2 Å². The van der Waals surface area contributed by atoms with Gasteiger partial charge in [-0.2, -0.15) is 15.0 Å². The molecule has 0 saturated carbocycles. The summed E-state index contributed by atoms with van der Waals surface area (Å²) < 4.78 is 5.19.